The number of esters is 3. The maximum atomic E-state index is 12.1. The van der Waals surface area contributed by atoms with Crippen LogP contribution in [0.1, 0.15) is 131 Å². The average molecular weight is 690 g/mol. The lowest BCUT2D eigenvalue weighted by Crippen LogP contribution is -2.65. The van der Waals surface area contributed by atoms with Gasteiger partial charge >= 0.3 is 17.9 Å². The van der Waals surface area contributed by atoms with E-state index in [0.717, 1.165) is 6.42 Å². The van der Waals surface area contributed by atoms with Gasteiger partial charge in [-0.15, -0.1) is 11.8 Å². The molecule has 0 spiro atoms. The topological polar surface area (TPSA) is 136 Å². The van der Waals surface area contributed by atoms with E-state index in [4.69, 9.17) is 28.4 Å². The molecule has 0 aromatic heterocycles. The first-order chi connectivity index (χ1) is 22.6. The molecule has 0 aliphatic carbocycles. The first-order valence-electron chi connectivity index (χ1n) is 17.7. The van der Waals surface area contributed by atoms with E-state index in [2.05, 4.69) is 12.2 Å². The van der Waals surface area contributed by atoms with Gasteiger partial charge in [0.05, 0.1) is 12.7 Å². The van der Waals surface area contributed by atoms with Gasteiger partial charge in [0.25, 0.3) is 0 Å². The van der Waals surface area contributed by atoms with Gasteiger partial charge in [-0.05, 0) is 18.6 Å². The predicted molar refractivity (Wildman–Crippen MR) is 183 cm³/mol. The summed E-state index contributed by atoms with van der Waals surface area (Å²) < 4.78 is 34.0. The lowest BCUT2D eigenvalue weighted by Gasteiger charge is -2.45. The lowest BCUT2D eigenvalue weighted by molar-refractivity contribution is -0.211. The zero-order chi connectivity index (χ0) is 34.9. The van der Waals surface area contributed by atoms with Gasteiger partial charge in [-0.3, -0.25) is 19.2 Å². The first-order valence-corrected chi connectivity index (χ1v) is 18.8. The number of carbonyl (C=O) groups excluding carboxylic acids is 4. The predicted octanol–water partition coefficient (Wildman–Crippen LogP) is 6.28. The fourth-order valence-corrected chi connectivity index (χ4v) is 6.91. The number of unbranched alkanes of at least 4 members (excludes halogenated alkanes) is 13. The Morgan fingerprint density at radius 2 is 1.28 bits per heavy atom. The minimum Gasteiger partial charge on any atom is -0.463 e. The first kappa shape index (κ1) is 43.1. The minimum atomic E-state index is -1.10. The summed E-state index contributed by atoms with van der Waals surface area (Å²) in [7, 11) is 1.65. The average Bonchev–Trinajstić information content (AvgIpc) is 3.00. The number of methoxy groups -OCH3 is 1. The Bertz CT molecular complexity index is 875. The number of ether oxygens (including phenoxy) is 6. The SMILES string of the molecule is CCCCCCCCCCCCCCCCOC[C@H](CCS[C@@H]1O[C@H](COC(C)=O)[C@@H](OC(C)=O)[C@H](OC(C)=O)[C@H]1NC(C)=O)OC. The van der Waals surface area contributed by atoms with Crippen LogP contribution in [0, 0.1) is 0 Å². The van der Waals surface area contributed by atoms with Crippen molar-refractivity contribution in [3.05, 3.63) is 0 Å². The molecule has 0 saturated carbocycles. The monoisotopic (exact) mass is 689 g/mol. The summed E-state index contributed by atoms with van der Waals surface area (Å²) in [5, 5.41) is 2.80. The van der Waals surface area contributed by atoms with Crippen LogP contribution in [-0.4, -0.2) is 92.4 Å². The van der Waals surface area contributed by atoms with E-state index < -0.39 is 47.7 Å². The van der Waals surface area contributed by atoms with E-state index in [0.29, 0.717) is 25.4 Å². The van der Waals surface area contributed by atoms with Crippen molar-refractivity contribution in [2.75, 3.05) is 32.7 Å². The van der Waals surface area contributed by atoms with Crippen molar-refractivity contribution in [1.82, 2.24) is 5.32 Å². The van der Waals surface area contributed by atoms with E-state index >= 15 is 0 Å². The van der Waals surface area contributed by atoms with E-state index in [9.17, 15) is 19.2 Å². The highest BCUT2D eigenvalue weighted by Gasteiger charge is 2.50. The van der Waals surface area contributed by atoms with Crippen molar-refractivity contribution < 1.29 is 47.6 Å². The molecule has 1 amide bonds. The van der Waals surface area contributed by atoms with Crippen LogP contribution < -0.4 is 5.32 Å². The Morgan fingerprint density at radius 1 is 0.745 bits per heavy atom. The fraction of sp³-hybridized carbons (Fsp3) is 0.886. The van der Waals surface area contributed by atoms with Gasteiger partial charge in [0.1, 0.15) is 24.2 Å². The summed E-state index contributed by atoms with van der Waals surface area (Å²) in [4.78, 5) is 47.7. The van der Waals surface area contributed by atoms with Crippen LogP contribution in [0.4, 0.5) is 0 Å². The molecule has 1 rings (SSSR count). The number of carbonyl (C=O) groups is 4. The molecule has 6 atom stereocenters. The van der Waals surface area contributed by atoms with E-state index in [1.54, 1.807) is 7.11 Å². The van der Waals surface area contributed by atoms with Crippen molar-refractivity contribution in [3.8, 4) is 0 Å². The molecule has 0 unspecified atom stereocenters. The van der Waals surface area contributed by atoms with Gasteiger partial charge in [0.2, 0.25) is 5.91 Å². The van der Waals surface area contributed by atoms with Gasteiger partial charge in [0.15, 0.2) is 12.2 Å². The molecule has 1 saturated heterocycles. The summed E-state index contributed by atoms with van der Waals surface area (Å²) in [6, 6.07) is -0.822. The number of rotatable bonds is 27. The molecular weight excluding hydrogens is 626 g/mol. The molecule has 0 aromatic rings. The van der Waals surface area contributed by atoms with Crippen LogP contribution >= 0.6 is 11.8 Å². The van der Waals surface area contributed by atoms with Gasteiger partial charge in [0, 0.05) is 41.4 Å². The third-order valence-corrected chi connectivity index (χ3v) is 9.28. The van der Waals surface area contributed by atoms with E-state index in [1.165, 1.54) is 123 Å². The van der Waals surface area contributed by atoms with Crippen molar-refractivity contribution >= 4 is 35.6 Å². The van der Waals surface area contributed by atoms with Crippen molar-refractivity contribution in [1.29, 1.82) is 0 Å². The second-order valence-electron chi connectivity index (χ2n) is 12.4. The zero-order valence-electron chi connectivity index (χ0n) is 29.9. The third-order valence-electron chi connectivity index (χ3n) is 8.07. The minimum absolute atomic E-state index is 0.133. The second kappa shape index (κ2) is 27.0. The Kier molecular flexibility index (Phi) is 24.8. The molecule has 0 bridgehead atoms. The molecule has 47 heavy (non-hydrogen) atoms. The molecule has 1 aliphatic heterocycles. The number of nitrogens with one attached hydrogen (secondary N) is 1. The van der Waals surface area contributed by atoms with E-state index in [-0.39, 0.29) is 18.6 Å². The number of hydrogen-bond acceptors (Lipinski definition) is 11. The van der Waals surface area contributed by atoms with Gasteiger partial charge in [-0.2, -0.15) is 0 Å². The Hall–Kier alpha value is -1.89. The van der Waals surface area contributed by atoms with Gasteiger partial charge in [-0.25, -0.2) is 0 Å². The summed E-state index contributed by atoms with van der Waals surface area (Å²) in [5.74, 6) is -1.58. The Labute approximate surface area is 287 Å². The van der Waals surface area contributed by atoms with Crippen LogP contribution in [0.2, 0.25) is 0 Å². The maximum Gasteiger partial charge on any atom is 0.303 e. The molecule has 11 nitrogen and oxygen atoms in total. The van der Waals surface area contributed by atoms with E-state index in [1.807, 2.05) is 0 Å². The molecule has 1 N–H and O–H groups in total. The highest BCUT2D eigenvalue weighted by Crippen LogP contribution is 2.33. The maximum absolute atomic E-state index is 12.1. The molecule has 12 heteroatoms. The summed E-state index contributed by atoms with van der Waals surface area (Å²) in [6.07, 6.45) is 15.9. The summed E-state index contributed by atoms with van der Waals surface area (Å²) >= 11 is 1.40. The molecule has 0 radical (unpaired) electrons. The largest absolute Gasteiger partial charge is 0.463 e. The molecule has 1 heterocycles. The molecule has 1 aliphatic rings. The highest BCUT2D eigenvalue weighted by molar-refractivity contribution is 7.99. The van der Waals surface area contributed by atoms with Crippen molar-refractivity contribution in [2.24, 2.45) is 0 Å². The summed E-state index contributed by atoms with van der Waals surface area (Å²) in [5.41, 5.74) is -0.690. The van der Waals surface area contributed by atoms with Crippen LogP contribution in [0.25, 0.3) is 0 Å². The lowest BCUT2D eigenvalue weighted by atomic mass is 9.97. The zero-order valence-corrected chi connectivity index (χ0v) is 30.7. The van der Waals surface area contributed by atoms with Crippen molar-refractivity contribution in [3.63, 3.8) is 0 Å². The molecule has 274 valence electrons. The number of amides is 1. The van der Waals surface area contributed by atoms with Crippen LogP contribution in [0.3, 0.4) is 0 Å². The Balaban J connectivity index is 2.47. The van der Waals surface area contributed by atoms with Crippen LogP contribution in [-0.2, 0) is 47.6 Å². The van der Waals surface area contributed by atoms with Gasteiger partial charge < -0.3 is 33.7 Å². The standard InChI is InChI=1S/C35H63NO10S/c1-7-8-9-10-11-12-13-14-15-16-17-18-19-20-22-42-24-30(41-6)21-23-47-35-32(36-26(2)37)34(45-29(5)40)33(44-28(4)39)31(46-35)25-43-27(3)38/h30-35H,7-25H2,1-6H3,(H,36,37)/t30-,31+,32+,33+,34+,35-/m0/s1. The number of thioether (sulfide) groups is 1. The third kappa shape index (κ3) is 20.9. The van der Waals surface area contributed by atoms with Crippen molar-refractivity contribution in [2.45, 2.75) is 167 Å². The number of hydrogen-bond donors (Lipinski definition) is 1. The normalized spacial score (nSPS) is 21.5. The second-order valence-corrected chi connectivity index (χ2v) is 13.6. The smallest absolute Gasteiger partial charge is 0.303 e. The quantitative estimate of drug-likeness (QED) is 0.0593. The fourth-order valence-electron chi connectivity index (χ4n) is 5.63. The van der Waals surface area contributed by atoms with Crippen LogP contribution in [0.5, 0.6) is 0 Å². The Morgan fingerprint density at radius 3 is 1.77 bits per heavy atom. The van der Waals surface area contributed by atoms with Gasteiger partial charge in [-0.1, -0.05) is 90.4 Å². The molecular formula is C35H63NO10S. The highest BCUT2D eigenvalue weighted by atomic mass is 32.2. The summed E-state index contributed by atoms with van der Waals surface area (Å²) in [6.45, 7) is 8.25. The molecule has 1 fully saturated rings. The van der Waals surface area contributed by atoms with Crippen LogP contribution in [0.15, 0.2) is 0 Å². The molecule has 0 aromatic carbocycles.